The fourth-order valence-corrected chi connectivity index (χ4v) is 2.38. The van der Waals surface area contributed by atoms with E-state index in [0.717, 1.165) is 4.90 Å². The molecule has 0 atom stereocenters. The van der Waals surface area contributed by atoms with E-state index in [1.807, 2.05) is 0 Å². The van der Waals surface area contributed by atoms with Crippen molar-refractivity contribution in [3.05, 3.63) is 0 Å². The Labute approximate surface area is 120 Å². The fraction of sp³-hybridized carbons (Fsp3) is 0.786. The number of carbonyl (C=O) groups excluding carboxylic acids is 3. The summed E-state index contributed by atoms with van der Waals surface area (Å²) in [6, 6.07) is 0.0342. The minimum Gasteiger partial charge on any atom is -0.297 e. The molecule has 1 aliphatic heterocycles. The van der Waals surface area contributed by atoms with Gasteiger partial charge in [-0.25, -0.2) is 4.79 Å². The summed E-state index contributed by atoms with van der Waals surface area (Å²) in [5.41, 5.74) is -1.19. The number of hydrogen-bond donors (Lipinski definition) is 1. The lowest BCUT2D eigenvalue weighted by molar-refractivity contribution is -0.149. The van der Waals surface area contributed by atoms with Gasteiger partial charge in [-0.15, -0.1) is 0 Å². The summed E-state index contributed by atoms with van der Waals surface area (Å²) in [4.78, 5) is 39.0. The minimum absolute atomic E-state index is 0.289. The molecule has 1 N–H and O–H groups in total. The zero-order valence-electron chi connectivity index (χ0n) is 13.2. The van der Waals surface area contributed by atoms with Crippen LogP contribution >= 0.6 is 0 Å². The highest BCUT2D eigenvalue weighted by Crippen LogP contribution is 2.23. The molecule has 0 bridgehead atoms. The third kappa shape index (κ3) is 3.17. The van der Waals surface area contributed by atoms with E-state index in [-0.39, 0.29) is 6.54 Å². The normalized spacial score (nSPS) is 19.2. The van der Waals surface area contributed by atoms with Gasteiger partial charge in [0.2, 0.25) is 11.8 Å². The highest BCUT2D eigenvalue weighted by atomic mass is 16.2. The number of hydrogen-bond acceptors (Lipinski definition) is 4. The van der Waals surface area contributed by atoms with Crippen LogP contribution in [0.25, 0.3) is 0 Å². The summed E-state index contributed by atoms with van der Waals surface area (Å²) >= 11 is 0. The van der Waals surface area contributed by atoms with Gasteiger partial charge >= 0.3 is 6.03 Å². The number of rotatable bonds is 5. The first kappa shape index (κ1) is 16.6. The van der Waals surface area contributed by atoms with E-state index in [9.17, 15) is 14.4 Å². The van der Waals surface area contributed by atoms with Crippen LogP contribution in [0, 0.1) is 5.41 Å². The van der Waals surface area contributed by atoms with Crippen LogP contribution in [0.5, 0.6) is 0 Å². The number of amides is 4. The highest BCUT2D eigenvalue weighted by Gasteiger charge is 2.46. The monoisotopic (exact) mass is 283 g/mol. The second-order valence-corrected chi connectivity index (χ2v) is 6.27. The van der Waals surface area contributed by atoms with E-state index < -0.39 is 23.3 Å². The van der Waals surface area contributed by atoms with Crippen LogP contribution in [-0.4, -0.2) is 52.8 Å². The second-order valence-electron chi connectivity index (χ2n) is 6.27. The second kappa shape index (κ2) is 5.91. The molecule has 1 heterocycles. The molecule has 20 heavy (non-hydrogen) atoms. The van der Waals surface area contributed by atoms with E-state index >= 15 is 0 Å². The van der Waals surface area contributed by atoms with Crippen molar-refractivity contribution >= 4 is 17.8 Å². The Hall–Kier alpha value is -1.43. The lowest BCUT2D eigenvalue weighted by Gasteiger charge is -2.37. The summed E-state index contributed by atoms with van der Waals surface area (Å²) in [5.74, 6) is -0.966. The SMILES string of the molecule is CC(C)N(CCN1C(=O)NC(=O)C(C)(C)C1=O)C(C)C. The molecule has 1 aliphatic rings. The van der Waals surface area contributed by atoms with Crippen molar-refractivity contribution in [2.24, 2.45) is 5.41 Å². The predicted octanol–water partition coefficient (Wildman–Crippen LogP) is 1.21. The van der Waals surface area contributed by atoms with Crippen molar-refractivity contribution in [3.8, 4) is 0 Å². The summed E-state index contributed by atoms with van der Waals surface area (Å²) < 4.78 is 0. The van der Waals surface area contributed by atoms with E-state index in [0.29, 0.717) is 18.6 Å². The van der Waals surface area contributed by atoms with Gasteiger partial charge in [0.15, 0.2) is 0 Å². The topological polar surface area (TPSA) is 69.7 Å². The number of barbiturate groups is 1. The number of imide groups is 2. The molecule has 0 aromatic rings. The van der Waals surface area contributed by atoms with E-state index in [1.54, 1.807) is 0 Å². The Kier molecular flexibility index (Phi) is 4.91. The molecule has 0 radical (unpaired) electrons. The number of urea groups is 1. The van der Waals surface area contributed by atoms with Gasteiger partial charge in [-0.05, 0) is 41.5 Å². The Bertz CT molecular complexity index is 408. The largest absolute Gasteiger partial charge is 0.330 e. The molecule has 6 nitrogen and oxygen atoms in total. The van der Waals surface area contributed by atoms with Gasteiger partial charge < -0.3 is 0 Å². The van der Waals surface area contributed by atoms with Crippen LogP contribution in [0.1, 0.15) is 41.5 Å². The first-order valence-corrected chi connectivity index (χ1v) is 7.02. The molecule has 1 saturated heterocycles. The third-order valence-electron chi connectivity index (χ3n) is 3.72. The predicted molar refractivity (Wildman–Crippen MR) is 76.0 cm³/mol. The molecular weight excluding hydrogens is 258 g/mol. The van der Waals surface area contributed by atoms with Gasteiger partial charge in [0.1, 0.15) is 5.41 Å². The maximum atomic E-state index is 12.2. The highest BCUT2D eigenvalue weighted by molar-refractivity contribution is 6.18. The summed E-state index contributed by atoms with van der Waals surface area (Å²) in [6.07, 6.45) is 0. The third-order valence-corrected chi connectivity index (χ3v) is 3.72. The van der Waals surface area contributed by atoms with Crippen molar-refractivity contribution in [2.45, 2.75) is 53.6 Å². The van der Waals surface area contributed by atoms with E-state index in [1.165, 1.54) is 13.8 Å². The Morgan fingerprint density at radius 3 is 2.05 bits per heavy atom. The average Bonchev–Trinajstić information content (AvgIpc) is 2.30. The van der Waals surface area contributed by atoms with Crippen LogP contribution in [0.15, 0.2) is 0 Å². The molecule has 0 saturated carbocycles. The van der Waals surface area contributed by atoms with Crippen LogP contribution < -0.4 is 5.32 Å². The first-order chi connectivity index (χ1) is 9.09. The Morgan fingerprint density at radius 2 is 1.60 bits per heavy atom. The zero-order chi connectivity index (χ0) is 15.7. The number of nitrogens with one attached hydrogen (secondary N) is 1. The van der Waals surface area contributed by atoms with Gasteiger partial charge in [0, 0.05) is 25.2 Å². The Balaban J connectivity index is 2.78. The minimum atomic E-state index is -1.19. The van der Waals surface area contributed by atoms with Gasteiger partial charge in [-0.2, -0.15) is 0 Å². The number of carbonyl (C=O) groups is 3. The van der Waals surface area contributed by atoms with Crippen LogP contribution in [0.2, 0.25) is 0 Å². The van der Waals surface area contributed by atoms with Crippen LogP contribution in [-0.2, 0) is 9.59 Å². The van der Waals surface area contributed by atoms with Crippen molar-refractivity contribution in [3.63, 3.8) is 0 Å². The van der Waals surface area contributed by atoms with Crippen LogP contribution in [0.4, 0.5) is 4.79 Å². The molecule has 0 aromatic heterocycles. The molecule has 114 valence electrons. The molecule has 0 aliphatic carbocycles. The number of nitrogens with zero attached hydrogens (tertiary/aromatic N) is 2. The molecule has 4 amide bonds. The van der Waals surface area contributed by atoms with Crippen molar-refractivity contribution in [1.82, 2.24) is 15.1 Å². The molecule has 0 aromatic carbocycles. The van der Waals surface area contributed by atoms with E-state index in [2.05, 4.69) is 37.9 Å². The zero-order valence-corrected chi connectivity index (χ0v) is 13.2. The quantitative estimate of drug-likeness (QED) is 0.770. The molecule has 1 fully saturated rings. The molecular formula is C14H25N3O3. The summed E-state index contributed by atoms with van der Waals surface area (Å²) in [7, 11) is 0. The van der Waals surface area contributed by atoms with Crippen molar-refractivity contribution in [1.29, 1.82) is 0 Å². The van der Waals surface area contributed by atoms with Crippen molar-refractivity contribution in [2.75, 3.05) is 13.1 Å². The standard InChI is InChI=1S/C14H25N3O3/c1-9(2)16(10(3)4)7-8-17-12(19)14(5,6)11(18)15-13(17)20/h9-10H,7-8H2,1-6H3,(H,15,18,20). The maximum Gasteiger partial charge on any atom is 0.330 e. The summed E-state index contributed by atoms with van der Waals surface area (Å²) in [5, 5.41) is 2.24. The van der Waals surface area contributed by atoms with E-state index in [4.69, 9.17) is 0 Å². The molecule has 1 rings (SSSR count). The van der Waals surface area contributed by atoms with Gasteiger partial charge in [0.05, 0.1) is 0 Å². The lowest BCUT2D eigenvalue weighted by atomic mass is 9.89. The lowest BCUT2D eigenvalue weighted by Crippen LogP contribution is -2.63. The van der Waals surface area contributed by atoms with Gasteiger partial charge in [-0.3, -0.25) is 24.7 Å². The van der Waals surface area contributed by atoms with Crippen LogP contribution in [0.3, 0.4) is 0 Å². The first-order valence-electron chi connectivity index (χ1n) is 7.02. The van der Waals surface area contributed by atoms with Gasteiger partial charge in [0.25, 0.3) is 0 Å². The molecule has 0 unspecified atom stereocenters. The Morgan fingerprint density at radius 1 is 1.10 bits per heavy atom. The van der Waals surface area contributed by atoms with Crippen molar-refractivity contribution < 1.29 is 14.4 Å². The molecule has 6 heteroatoms. The van der Waals surface area contributed by atoms with Gasteiger partial charge in [-0.1, -0.05) is 0 Å². The maximum absolute atomic E-state index is 12.2. The average molecular weight is 283 g/mol. The molecule has 0 spiro atoms. The summed E-state index contributed by atoms with van der Waals surface area (Å²) in [6.45, 7) is 12.3. The fourth-order valence-electron chi connectivity index (χ4n) is 2.38. The smallest absolute Gasteiger partial charge is 0.297 e.